The molecule has 2 heterocycles. The maximum absolute atomic E-state index is 12.3. The highest BCUT2D eigenvalue weighted by Crippen LogP contribution is 2.30. The molecule has 3 aromatic rings. The standard InChI is InChI=1S/C16H16N2OS2/c1-2-17-10-11-4-3-5-12(8-11)18-16(19)15-9-14-13(21-15)6-7-20-14/h3-9,17H,2,10H2,1H3,(H,18,19). The molecule has 0 aliphatic heterocycles. The van der Waals surface area contributed by atoms with Crippen LogP contribution in [-0.4, -0.2) is 12.5 Å². The van der Waals surface area contributed by atoms with Gasteiger partial charge in [-0.15, -0.1) is 22.7 Å². The molecule has 0 bridgehead atoms. The number of hydrogen-bond acceptors (Lipinski definition) is 4. The molecular weight excluding hydrogens is 300 g/mol. The van der Waals surface area contributed by atoms with Crippen molar-refractivity contribution in [2.24, 2.45) is 0 Å². The Morgan fingerprint density at radius 3 is 2.90 bits per heavy atom. The number of carbonyl (C=O) groups excluding carboxylic acids is 1. The summed E-state index contributed by atoms with van der Waals surface area (Å²) in [6.45, 7) is 3.82. The molecule has 2 N–H and O–H groups in total. The Labute approximate surface area is 131 Å². The van der Waals surface area contributed by atoms with Gasteiger partial charge >= 0.3 is 0 Å². The van der Waals surface area contributed by atoms with Crippen molar-refractivity contribution in [2.45, 2.75) is 13.5 Å². The van der Waals surface area contributed by atoms with E-state index in [1.54, 1.807) is 11.3 Å². The molecule has 0 unspecified atom stereocenters. The van der Waals surface area contributed by atoms with Gasteiger partial charge in [0, 0.05) is 21.6 Å². The lowest BCUT2D eigenvalue weighted by Crippen LogP contribution is -2.13. The first-order valence-electron chi connectivity index (χ1n) is 6.84. The monoisotopic (exact) mass is 316 g/mol. The quantitative estimate of drug-likeness (QED) is 0.736. The molecule has 0 radical (unpaired) electrons. The third kappa shape index (κ3) is 3.32. The summed E-state index contributed by atoms with van der Waals surface area (Å²) >= 11 is 3.20. The molecule has 0 saturated carbocycles. The minimum Gasteiger partial charge on any atom is -0.321 e. The Bertz CT molecular complexity index is 732. The number of hydrogen-bond donors (Lipinski definition) is 2. The molecular formula is C16H16N2OS2. The van der Waals surface area contributed by atoms with Crippen LogP contribution >= 0.6 is 22.7 Å². The smallest absolute Gasteiger partial charge is 0.265 e. The van der Waals surface area contributed by atoms with Crippen molar-refractivity contribution in [1.82, 2.24) is 5.32 Å². The summed E-state index contributed by atoms with van der Waals surface area (Å²) in [6, 6.07) is 12.0. The highest BCUT2D eigenvalue weighted by atomic mass is 32.1. The Morgan fingerprint density at radius 1 is 1.19 bits per heavy atom. The molecule has 1 amide bonds. The van der Waals surface area contributed by atoms with Gasteiger partial charge in [0.2, 0.25) is 0 Å². The largest absolute Gasteiger partial charge is 0.321 e. The lowest BCUT2D eigenvalue weighted by atomic mass is 10.2. The summed E-state index contributed by atoms with van der Waals surface area (Å²) in [7, 11) is 0. The number of thiophene rings is 2. The normalized spacial score (nSPS) is 10.9. The van der Waals surface area contributed by atoms with Gasteiger partial charge in [-0.25, -0.2) is 0 Å². The summed E-state index contributed by atoms with van der Waals surface area (Å²) in [6.07, 6.45) is 0. The molecule has 5 heteroatoms. The zero-order chi connectivity index (χ0) is 14.7. The van der Waals surface area contributed by atoms with E-state index in [0.717, 1.165) is 23.7 Å². The van der Waals surface area contributed by atoms with E-state index in [-0.39, 0.29) is 5.91 Å². The van der Waals surface area contributed by atoms with E-state index in [9.17, 15) is 4.79 Å². The van der Waals surface area contributed by atoms with Crippen molar-refractivity contribution in [3.05, 3.63) is 52.2 Å². The zero-order valence-corrected chi connectivity index (χ0v) is 13.3. The first kappa shape index (κ1) is 14.3. The molecule has 108 valence electrons. The van der Waals surface area contributed by atoms with Gasteiger partial charge in [0.25, 0.3) is 5.91 Å². The van der Waals surface area contributed by atoms with E-state index >= 15 is 0 Å². The Balaban J connectivity index is 1.73. The van der Waals surface area contributed by atoms with Gasteiger partial charge in [0.15, 0.2) is 0 Å². The second-order valence-corrected chi connectivity index (χ2v) is 6.73. The third-order valence-electron chi connectivity index (χ3n) is 3.13. The average Bonchev–Trinajstić information content (AvgIpc) is 3.06. The van der Waals surface area contributed by atoms with Crippen LogP contribution in [0, 0.1) is 0 Å². The molecule has 21 heavy (non-hydrogen) atoms. The van der Waals surface area contributed by atoms with Crippen LogP contribution in [0.3, 0.4) is 0 Å². The van der Waals surface area contributed by atoms with Crippen LogP contribution in [0.5, 0.6) is 0 Å². The predicted molar refractivity (Wildman–Crippen MR) is 91.5 cm³/mol. The summed E-state index contributed by atoms with van der Waals surface area (Å²) in [5.41, 5.74) is 2.01. The van der Waals surface area contributed by atoms with Gasteiger partial charge in [-0.1, -0.05) is 19.1 Å². The van der Waals surface area contributed by atoms with Gasteiger partial charge in [-0.3, -0.25) is 4.79 Å². The first-order chi connectivity index (χ1) is 10.3. The number of anilines is 1. The predicted octanol–water partition coefficient (Wildman–Crippen LogP) is 4.32. The summed E-state index contributed by atoms with van der Waals surface area (Å²) in [4.78, 5) is 13.1. The molecule has 0 fully saturated rings. The number of fused-ring (bicyclic) bond motifs is 1. The number of carbonyl (C=O) groups is 1. The van der Waals surface area contributed by atoms with Gasteiger partial charge < -0.3 is 10.6 Å². The van der Waals surface area contributed by atoms with E-state index in [2.05, 4.69) is 29.7 Å². The van der Waals surface area contributed by atoms with Crippen LogP contribution in [0.25, 0.3) is 9.40 Å². The van der Waals surface area contributed by atoms with E-state index < -0.39 is 0 Å². The van der Waals surface area contributed by atoms with Crippen molar-refractivity contribution in [1.29, 1.82) is 0 Å². The fraction of sp³-hybridized carbons (Fsp3) is 0.188. The lowest BCUT2D eigenvalue weighted by molar-refractivity contribution is 0.103. The van der Waals surface area contributed by atoms with Crippen LogP contribution < -0.4 is 10.6 Å². The summed E-state index contributed by atoms with van der Waals surface area (Å²) in [5.74, 6) is -0.0380. The average molecular weight is 316 g/mol. The van der Waals surface area contributed by atoms with Gasteiger partial charge in [-0.05, 0) is 41.8 Å². The topological polar surface area (TPSA) is 41.1 Å². The van der Waals surface area contributed by atoms with E-state index in [1.807, 2.05) is 29.6 Å². The second kappa shape index (κ2) is 6.39. The molecule has 0 spiro atoms. The first-order valence-corrected chi connectivity index (χ1v) is 8.54. The van der Waals surface area contributed by atoms with E-state index in [4.69, 9.17) is 0 Å². The van der Waals surface area contributed by atoms with Crippen molar-refractivity contribution < 1.29 is 4.79 Å². The highest BCUT2D eigenvalue weighted by Gasteiger charge is 2.11. The van der Waals surface area contributed by atoms with Crippen LogP contribution in [0.15, 0.2) is 41.8 Å². The van der Waals surface area contributed by atoms with Crippen LogP contribution in [0.2, 0.25) is 0 Å². The van der Waals surface area contributed by atoms with Crippen LogP contribution in [0.4, 0.5) is 5.69 Å². The minimum absolute atomic E-state index is 0.0380. The van der Waals surface area contributed by atoms with Gasteiger partial charge in [-0.2, -0.15) is 0 Å². The molecule has 2 aromatic heterocycles. The molecule has 1 aromatic carbocycles. The van der Waals surface area contributed by atoms with Crippen molar-refractivity contribution in [3.8, 4) is 0 Å². The minimum atomic E-state index is -0.0380. The Hall–Kier alpha value is -1.69. The maximum Gasteiger partial charge on any atom is 0.265 e. The molecule has 3 nitrogen and oxygen atoms in total. The molecule has 0 aliphatic rings. The van der Waals surface area contributed by atoms with E-state index in [0.29, 0.717) is 0 Å². The van der Waals surface area contributed by atoms with Crippen molar-refractivity contribution >= 4 is 43.7 Å². The van der Waals surface area contributed by atoms with Crippen molar-refractivity contribution in [3.63, 3.8) is 0 Å². The third-order valence-corrected chi connectivity index (χ3v) is 5.22. The maximum atomic E-state index is 12.3. The number of amides is 1. The van der Waals surface area contributed by atoms with Crippen LogP contribution in [0.1, 0.15) is 22.2 Å². The van der Waals surface area contributed by atoms with Gasteiger partial charge in [0.05, 0.1) is 4.88 Å². The summed E-state index contributed by atoms with van der Waals surface area (Å²) < 4.78 is 2.34. The van der Waals surface area contributed by atoms with E-state index in [1.165, 1.54) is 26.3 Å². The highest BCUT2D eigenvalue weighted by molar-refractivity contribution is 7.27. The fourth-order valence-corrected chi connectivity index (χ4v) is 4.10. The lowest BCUT2D eigenvalue weighted by Gasteiger charge is -2.07. The zero-order valence-electron chi connectivity index (χ0n) is 11.7. The number of benzene rings is 1. The van der Waals surface area contributed by atoms with Crippen molar-refractivity contribution in [2.75, 3.05) is 11.9 Å². The summed E-state index contributed by atoms with van der Waals surface area (Å²) in [5, 5.41) is 8.30. The fourth-order valence-electron chi connectivity index (χ4n) is 2.10. The number of nitrogens with one attached hydrogen (secondary N) is 2. The van der Waals surface area contributed by atoms with Gasteiger partial charge in [0.1, 0.15) is 0 Å². The molecule has 0 saturated heterocycles. The SMILES string of the molecule is CCNCc1cccc(NC(=O)c2cc3sccc3s2)c1. The molecule has 0 atom stereocenters. The Kier molecular flexibility index (Phi) is 4.34. The van der Waals surface area contributed by atoms with Crippen LogP contribution in [-0.2, 0) is 6.54 Å². The molecule has 0 aliphatic carbocycles. The second-order valence-electron chi connectivity index (χ2n) is 4.69. The Morgan fingerprint density at radius 2 is 2.10 bits per heavy atom. The number of rotatable bonds is 5. The molecule has 3 rings (SSSR count).